The zero-order chi connectivity index (χ0) is 14.5. The SMILES string of the molecule is CCN[C@H](C)CNC(=O)c1ccc(S(C)(=O)=O)cc1.Cl. The van der Waals surface area contributed by atoms with Crippen molar-refractivity contribution >= 4 is 28.2 Å². The molecule has 0 radical (unpaired) electrons. The summed E-state index contributed by atoms with van der Waals surface area (Å²) in [5.41, 5.74) is 0.455. The fourth-order valence-electron chi connectivity index (χ4n) is 1.62. The molecule has 0 aliphatic heterocycles. The minimum absolute atomic E-state index is 0. The summed E-state index contributed by atoms with van der Waals surface area (Å²) in [6.45, 7) is 5.36. The summed E-state index contributed by atoms with van der Waals surface area (Å²) in [4.78, 5) is 12.0. The van der Waals surface area contributed by atoms with Crippen LogP contribution >= 0.6 is 12.4 Å². The molecule has 5 nitrogen and oxygen atoms in total. The molecule has 0 fully saturated rings. The van der Waals surface area contributed by atoms with Crippen LogP contribution in [0.3, 0.4) is 0 Å². The first-order valence-corrected chi connectivity index (χ1v) is 8.05. The van der Waals surface area contributed by atoms with Crippen molar-refractivity contribution in [2.75, 3.05) is 19.3 Å². The molecule has 2 N–H and O–H groups in total. The summed E-state index contributed by atoms with van der Waals surface area (Å²) in [5.74, 6) is -0.204. The van der Waals surface area contributed by atoms with Crippen molar-refractivity contribution in [2.45, 2.75) is 24.8 Å². The molecule has 0 heterocycles. The first-order valence-electron chi connectivity index (χ1n) is 6.16. The number of rotatable bonds is 6. The molecular weight excluding hydrogens is 300 g/mol. The number of carbonyl (C=O) groups excluding carboxylic acids is 1. The van der Waals surface area contributed by atoms with E-state index in [1.165, 1.54) is 24.3 Å². The number of halogens is 1. The Morgan fingerprint density at radius 3 is 2.25 bits per heavy atom. The van der Waals surface area contributed by atoms with Crippen molar-refractivity contribution in [1.29, 1.82) is 0 Å². The van der Waals surface area contributed by atoms with E-state index in [-0.39, 0.29) is 29.3 Å². The predicted octanol–water partition coefficient (Wildman–Crippen LogP) is 1.24. The van der Waals surface area contributed by atoms with Gasteiger partial charge in [0, 0.05) is 24.4 Å². The zero-order valence-corrected chi connectivity index (χ0v) is 13.5. The Bertz CT molecular complexity index is 529. The number of likely N-dealkylation sites (N-methyl/N-ethyl adjacent to an activating group) is 1. The summed E-state index contributed by atoms with van der Waals surface area (Å²) in [6, 6.07) is 6.12. The van der Waals surface area contributed by atoms with Gasteiger partial charge in [-0.1, -0.05) is 6.92 Å². The quantitative estimate of drug-likeness (QED) is 0.827. The third-order valence-electron chi connectivity index (χ3n) is 2.67. The second-order valence-corrected chi connectivity index (χ2v) is 6.48. The molecule has 0 aliphatic carbocycles. The number of carbonyl (C=O) groups is 1. The Labute approximate surface area is 126 Å². The van der Waals surface area contributed by atoms with Crippen molar-refractivity contribution in [3.05, 3.63) is 29.8 Å². The molecule has 0 saturated heterocycles. The van der Waals surface area contributed by atoms with Gasteiger partial charge >= 0.3 is 0 Å². The van der Waals surface area contributed by atoms with Gasteiger partial charge in [0.15, 0.2) is 9.84 Å². The van der Waals surface area contributed by atoms with E-state index >= 15 is 0 Å². The molecule has 0 saturated carbocycles. The van der Waals surface area contributed by atoms with Gasteiger partial charge in [-0.05, 0) is 37.7 Å². The van der Waals surface area contributed by atoms with E-state index in [1.807, 2.05) is 13.8 Å². The van der Waals surface area contributed by atoms with Gasteiger partial charge in [0.1, 0.15) is 0 Å². The first kappa shape index (κ1) is 18.9. The van der Waals surface area contributed by atoms with Gasteiger partial charge in [-0.25, -0.2) is 8.42 Å². The average Bonchev–Trinajstić information content (AvgIpc) is 2.35. The van der Waals surface area contributed by atoms with Crippen LogP contribution in [0.15, 0.2) is 29.2 Å². The summed E-state index contributed by atoms with van der Waals surface area (Å²) < 4.78 is 22.6. The highest BCUT2D eigenvalue weighted by atomic mass is 35.5. The van der Waals surface area contributed by atoms with Crippen molar-refractivity contribution in [3.8, 4) is 0 Å². The second kappa shape index (κ2) is 8.24. The van der Waals surface area contributed by atoms with Crippen LogP contribution in [0.5, 0.6) is 0 Å². The molecule has 1 rings (SSSR count). The summed E-state index contributed by atoms with van der Waals surface area (Å²) in [7, 11) is -3.22. The first-order chi connectivity index (χ1) is 8.84. The maximum absolute atomic E-state index is 11.8. The van der Waals surface area contributed by atoms with Gasteiger partial charge in [-0.15, -0.1) is 12.4 Å². The fraction of sp³-hybridized carbons (Fsp3) is 0.462. The van der Waals surface area contributed by atoms with Gasteiger partial charge in [0.2, 0.25) is 0 Å². The molecule has 114 valence electrons. The molecule has 1 aromatic carbocycles. The smallest absolute Gasteiger partial charge is 0.251 e. The summed E-state index contributed by atoms with van der Waals surface area (Å²) in [6.07, 6.45) is 1.14. The van der Waals surface area contributed by atoms with Gasteiger partial charge < -0.3 is 10.6 Å². The standard InChI is InChI=1S/C13H20N2O3S.ClH/c1-4-14-10(2)9-15-13(16)11-5-7-12(8-6-11)19(3,17)18;/h5-8,10,14H,4,9H2,1-3H3,(H,15,16);1H/t10-;/m1./s1. The highest BCUT2D eigenvalue weighted by Crippen LogP contribution is 2.10. The van der Waals surface area contributed by atoms with Crippen molar-refractivity contribution in [3.63, 3.8) is 0 Å². The van der Waals surface area contributed by atoms with E-state index in [0.29, 0.717) is 12.1 Å². The van der Waals surface area contributed by atoms with Gasteiger partial charge in [-0.3, -0.25) is 4.79 Å². The Hall–Kier alpha value is -1.11. The topological polar surface area (TPSA) is 75.3 Å². The molecule has 7 heteroatoms. The summed E-state index contributed by atoms with van der Waals surface area (Å²) >= 11 is 0. The van der Waals surface area contributed by atoms with Crippen LogP contribution in [-0.4, -0.2) is 39.7 Å². The lowest BCUT2D eigenvalue weighted by atomic mass is 10.2. The number of sulfone groups is 1. The van der Waals surface area contributed by atoms with Crippen LogP contribution in [-0.2, 0) is 9.84 Å². The van der Waals surface area contributed by atoms with Crippen molar-refractivity contribution < 1.29 is 13.2 Å². The molecular formula is C13H21ClN2O3S. The lowest BCUT2D eigenvalue weighted by molar-refractivity contribution is 0.0950. The van der Waals surface area contributed by atoms with Crippen LogP contribution < -0.4 is 10.6 Å². The predicted molar refractivity (Wildman–Crippen MR) is 82.3 cm³/mol. The minimum atomic E-state index is -3.22. The third kappa shape index (κ3) is 5.90. The summed E-state index contributed by atoms with van der Waals surface area (Å²) in [5, 5.41) is 5.98. The highest BCUT2D eigenvalue weighted by Gasteiger charge is 2.10. The van der Waals surface area contributed by atoms with E-state index in [9.17, 15) is 13.2 Å². The molecule has 1 amide bonds. The Balaban J connectivity index is 0.00000361. The van der Waals surface area contributed by atoms with Crippen LogP contribution in [0, 0.1) is 0 Å². The Morgan fingerprint density at radius 1 is 1.25 bits per heavy atom. The largest absolute Gasteiger partial charge is 0.350 e. The number of benzene rings is 1. The monoisotopic (exact) mass is 320 g/mol. The van der Waals surface area contributed by atoms with Crippen molar-refractivity contribution in [1.82, 2.24) is 10.6 Å². The highest BCUT2D eigenvalue weighted by molar-refractivity contribution is 7.90. The number of nitrogens with one attached hydrogen (secondary N) is 2. The minimum Gasteiger partial charge on any atom is -0.350 e. The van der Waals surface area contributed by atoms with Crippen LogP contribution in [0.2, 0.25) is 0 Å². The maximum atomic E-state index is 11.8. The van der Waals surface area contributed by atoms with E-state index < -0.39 is 9.84 Å². The lowest BCUT2D eigenvalue weighted by Crippen LogP contribution is -2.38. The fourth-order valence-corrected chi connectivity index (χ4v) is 2.25. The zero-order valence-electron chi connectivity index (χ0n) is 11.8. The third-order valence-corrected chi connectivity index (χ3v) is 3.79. The van der Waals surface area contributed by atoms with E-state index in [0.717, 1.165) is 12.8 Å². The Kier molecular flexibility index (Phi) is 7.78. The molecule has 0 aromatic heterocycles. The number of amides is 1. The average molecular weight is 321 g/mol. The van der Waals surface area contributed by atoms with Gasteiger partial charge in [0.25, 0.3) is 5.91 Å². The van der Waals surface area contributed by atoms with Gasteiger partial charge in [-0.2, -0.15) is 0 Å². The van der Waals surface area contributed by atoms with Crippen molar-refractivity contribution in [2.24, 2.45) is 0 Å². The molecule has 0 bridgehead atoms. The van der Waals surface area contributed by atoms with Crippen LogP contribution in [0.4, 0.5) is 0 Å². The van der Waals surface area contributed by atoms with E-state index in [1.54, 1.807) is 0 Å². The van der Waals surface area contributed by atoms with E-state index in [2.05, 4.69) is 10.6 Å². The molecule has 0 unspecified atom stereocenters. The van der Waals surface area contributed by atoms with Crippen LogP contribution in [0.25, 0.3) is 0 Å². The van der Waals surface area contributed by atoms with Crippen LogP contribution in [0.1, 0.15) is 24.2 Å². The molecule has 0 aliphatic rings. The molecule has 20 heavy (non-hydrogen) atoms. The number of hydrogen-bond donors (Lipinski definition) is 2. The second-order valence-electron chi connectivity index (χ2n) is 4.47. The Morgan fingerprint density at radius 2 is 1.80 bits per heavy atom. The normalized spacial score (nSPS) is 12.3. The molecule has 1 atom stereocenters. The lowest BCUT2D eigenvalue weighted by Gasteiger charge is -2.13. The maximum Gasteiger partial charge on any atom is 0.251 e. The molecule has 0 spiro atoms. The molecule has 1 aromatic rings. The van der Waals surface area contributed by atoms with Gasteiger partial charge in [0.05, 0.1) is 4.90 Å². The number of hydrogen-bond acceptors (Lipinski definition) is 4. The van der Waals surface area contributed by atoms with E-state index in [4.69, 9.17) is 0 Å².